The predicted octanol–water partition coefficient (Wildman–Crippen LogP) is 0.315. The van der Waals surface area contributed by atoms with Crippen molar-refractivity contribution in [3.8, 4) is 0 Å². The van der Waals surface area contributed by atoms with Gasteiger partial charge in [-0.1, -0.05) is 6.92 Å². The van der Waals surface area contributed by atoms with Crippen LogP contribution in [0.2, 0.25) is 0 Å². The first kappa shape index (κ1) is 15.6. The van der Waals surface area contributed by atoms with Gasteiger partial charge in [0.1, 0.15) is 18.0 Å². The lowest BCUT2D eigenvalue weighted by Gasteiger charge is -2.17. The number of nitrogens with zero attached hydrogens (tertiary/aromatic N) is 3. The zero-order valence-corrected chi connectivity index (χ0v) is 11.9. The summed E-state index contributed by atoms with van der Waals surface area (Å²) in [6, 6.07) is 0. The Morgan fingerprint density at radius 1 is 1.32 bits per heavy atom. The summed E-state index contributed by atoms with van der Waals surface area (Å²) in [5.41, 5.74) is 3.60. The van der Waals surface area contributed by atoms with Gasteiger partial charge >= 0.3 is 0 Å². The average Bonchev–Trinajstić information content (AvgIpc) is 2.44. The van der Waals surface area contributed by atoms with Crippen molar-refractivity contribution in [2.45, 2.75) is 13.3 Å². The van der Waals surface area contributed by atoms with E-state index in [1.54, 1.807) is 7.11 Å². The molecule has 0 aromatic carbocycles. The summed E-state index contributed by atoms with van der Waals surface area (Å²) < 4.78 is 5.04. The van der Waals surface area contributed by atoms with Crippen molar-refractivity contribution < 1.29 is 4.74 Å². The van der Waals surface area contributed by atoms with Gasteiger partial charge in [0.25, 0.3) is 0 Å². The number of nitrogens with two attached hydrogens (primary N) is 1. The van der Waals surface area contributed by atoms with Gasteiger partial charge in [0.15, 0.2) is 0 Å². The van der Waals surface area contributed by atoms with Crippen molar-refractivity contribution in [1.82, 2.24) is 14.9 Å². The van der Waals surface area contributed by atoms with E-state index in [4.69, 9.17) is 10.6 Å². The van der Waals surface area contributed by atoms with Gasteiger partial charge in [-0.15, -0.1) is 0 Å². The lowest BCUT2D eigenvalue weighted by atomic mass is 10.2. The van der Waals surface area contributed by atoms with Crippen LogP contribution in [0.25, 0.3) is 0 Å². The summed E-state index contributed by atoms with van der Waals surface area (Å²) in [6.45, 7) is 5.44. The molecule has 0 aliphatic carbocycles. The SMILES string of the molecule is CCc1c(NN)ncnc1NCCN(C)CCOC. The number of nitrogen functional groups attached to an aromatic ring is 1. The molecule has 7 heteroatoms. The Labute approximate surface area is 114 Å². The third-order valence-electron chi connectivity index (χ3n) is 2.90. The highest BCUT2D eigenvalue weighted by Crippen LogP contribution is 2.18. The fraction of sp³-hybridized carbons (Fsp3) is 0.667. The maximum Gasteiger partial charge on any atom is 0.148 e. The van der Waals surface area contributed by atoms with Gasteiger partial charge in [0.2, 0.25) is 0 Å². The molecule has 0 radical (unpaired) electrons. The molecule has 0 aliphatic heterocycles. The topological polar surface area (TPSA) is 88.3 Å². The molecule has 0 saturated heterocycles. The Hall–Kier alpha value is -1.44. The van der Waals surface area contributed by atoms with Gasteiger partial charge in [-0.3, -0.25) is 0 Å². The highest BCUT2D eigenvalue weighted by molar-refractivity contribution is 5.56. The van der Waals surface area contributed by atoms with E-state index in [9.17, 15) is 0 Å². The monoisotopic (exact) mass is 268 g/mol. The number of hydrogen-bond donors (Lipinski definition) is 3. The molecule has 4 N–H and O–H groups in total. The smallest absolute Gasteiger partial charge is 0.148 e. The molecular formula is C12H24N6O. The fourth-order valence-electron chi connectivity index (χ4n) is 1.75. The van der Waals surface area contributed by atoms with Crippen LogP contribution in [-0.4, -0.2) is 55.3 Å². The minimum absolute atomic E-state index is 0.674. The largest absolute Gasteiger partial charge is 0.383 e. The lowest BCUT2D eigenvalue weighted by molar-refractivity contribution is 0.163. The third kappa shape index (κ3) is 4.98. The molecule has 0 saturated carbocycles. The molecule has 7 nitrogen and oxygen atoms in total. The summed E-state index contributed by atoms with van der Waals surface area (Å²) in [7, 11) is 3.77. The molecule has 0 spiro atoms. The highest BCUT2D eigenvalue weighted by Gasteiger charge is 2.08. The first-order valence-electron chi connectivity index (χ1n) is 6.44. The van der Waals surface area contributed by atoms with E-state index in [-0.39, 0.29) is 0 Å². The average molecular weight is 268 g/mol. The van der Waals surface area contributed by atoms with E-state index < -0.39 is 0 Å². The quantitative estimate of drug-likeness (QED) is 0.439. The van der Waals surface area contributed by atoms with E-state index in [0.29, 0.717) is 5.82 Å². The number of hydrogen-bond acceptors (Lipinski definition) is 7. The zero-order valence-electron chi connectivity index (χ0n) is 11.9. The minimum Gasteiger partial charge on any atom is -0.383 e. The van der Waals surface area contributed by atoms with E-state index in [1.807, 2.05) is 0 Å². The number of nitrogens with one attached hydrogen (secondary N) is 2. The predicted molar refractivity (Wildman–Crippen MR) is 77.1 cm³/mol. The molecule has 0 fully saturated rings. The number of hydrazine groups is 1. The number of aromatic nitrogens is 2. The summed E-state index contributed by atoms with van der Waals surface area (Å²) in [5.74, 6) is 6.95. The molecule has 19 heavy (non-hydrogen) atoms. The minimum atomic E-state index is 0.674. The van der Waals surface area contributed by atoms with Crippen LogP contribution in [0.15, 0.2) is 6.33 Å². The number of anilines is 2. The van der Waals surface area contributed by atoms with Crippen LogP contribution in [0.4, 0.5) is 11.6 Å². The molecule has 0 amide bonds. The Kier molecular flexibility index (Phi) is 7.09. The lowest BCUT2D eigenvalue weighted by Crippen LogP contribution is -2.28. The van der Waals surface area contributed by atoms with Crippen LogP contribution in [0.5, 0.6) is 0 Å². The van der Waals surface area contributed by atoms with Gasteiger partial charge < -0.3 is 20.4 Å². The van der Waals surface area contributed by atoms with Gasteiger partial charge in [-0.25, -0.2) is 15.8 Å². The maximum atomic E-state index is 5.44. The van der Waals surface area contributed by atoms with Crippen molar-refractivity contribution in [1.29, 1.82) is 0 Å². The van der Waals surface area contributed by atoms with Crippen molar-refractivity contribution in [2.24, 2.45) is 5.84 Å². The van der Waals surface area contributed by atoms with Crippen LogP contribution in [0.1, 0.15) is 12.5 Å². The van der Waals surface area contributed by atoms with Crippen LogP contribution in [-0.2, 0) is 11.2 Å². The van der Waals surface area contributed by atoms with Gasteiger partial charge in [0, 0.05) is 32.3 Å². The number of methoxy groups -OCH3 is 1. The van der Waals surface area contributed by atoms with Crippen LogP contribution in [0.3, 0.4) is 0 Å². The second kappa shape index (κ2) is 8.63. The molecule has 1 rings (SSSR count). The molecule has 0 bridgehead atoms. The standard InChI is InChI=1S/C12H24N6O/c1-4-10-11(15-9-16-12(10)17-13)14-5-6-18(2)7-8-19-3/h9H,4-8,13H2,1-3H3,(H2,14,15,16,17). The molecule has 0 unspecified atom stereocenters. The highest BCUT2D eigenvalue weighted by atomic mass is 16.5. The summed E-state index contributed by atoms with van der Waals surface area (Å²) in [5, 5.41) is 3.32. The summed E-state index contributed by atoms with van der Waals surface area (Å²) in [4.78, 5) is 10.6. The van der Waals surface area contributed by atoms with Crippen molar-refractivity contribution >= 4 is 11.6 Å². The number of ether oxygens (including phenoxy) is 1. The van der Waals surface area contributed by atoms with Gasteiger partial charge in [0.05, 0.1) is 6.61 Å². The van der Waals surface area contributed by atoms with Crippen LogP contribution in [0, 0.1) is 0 Å². The second-order valence-corrected chi connectivity index (χ2v) is 4.27. The van der Waals surface area contributed by atoms with Gasteiger partial charge in [-0.05, 0) is 13.5 Å². The van der Waals surface area contributed by atoms with E-state index in [1.165, 1.54) is 6.33 Å². The molecule has 0 atom stereocenters. The molecule has 108 valence electrons. The van der Waals surface area contributed by atoms with Crippen molar-refractivity contribution in [3.63, 3.8) is 0 Å². The maximum absolute atomic E-state index is 5.44. The first-order chi connectivity index (χ1) is 9.22. The van der Waals surface area contributed by atoms with E-state index in [0.717, 1.165) is 44.0 Å². The normalized spacial score (nSPS) is 10.8. The Balaban J connectivity index is 2.49. The molecule has 0 aliphatic rings. The Morgan fingerprint density at radius 3 is 2.68 bits per heavy atom. The fourth-order valence-corrected chi connectivity index (χ4v) is 1.75. The Bertz CT molecular complexity index is 373. The van der Waals surface area contributed by atoms with Crippen molar-refractivity contribution in [2.75, 3.05) is 51.1 Å². The summed E-state index contributed by atoms with van der Waals surface area (Å²) in [6.07, 6.45) is 2.33. The van der Waals surface area contributed by atoms with Gasteiger partial charge in [-0.2, -0.15) is 0 Å². The van der Waals surface area contributed by atoms with E-state index >= 15 is 0 Å². The molecular weight excluding hydrogens is 244 g/mol. The third-order valence-corrected chi connectivity index (χ3v) is 2.90. The van der Waals surface area contributed by atoms with Crippen LogP contribution >= 0.6 is 0 Å². The van der Waals surface area contributed by atoms with E-state index in [2.05, 4.69) is 39.6 Å². The molecule has 1 aromatic rings. The Morgan fingerprint density at radius 2 is 2.05 bits per heavy atom. The first-order valence-corrected chi connectivity index (χ1v) is 6.44. The second-order valence-electron chi connectivity index (χ2n) is 4.27. The molecule has 1 heterocycles. The zero-order chi connectivity index (χ0) is 14.1. The number of rotatable bonds is 9. The molecule has 1 aromatic heterocycles. The van der Waals surface area contributed by atoms with Crippen LogP contribution < -0.4 is 16.6 Å². The number of likely N-dealkylation sites (N-methyl/N-ethyl adjacent to an activating group) is 1. The summed E-state index contributed by atoms with van der Waals surface area (Å²) >= 11 is 0. The van der Waals surface area contributed by atoms with Crippen molar-refractivity contribution in [3.05, 3.63) is 11.9 Å².